The van der Waals surface area contributed by atoms with Crippen LogP contribution in [0.1, 0.15) is 6.42 Å². The second-order valence-corrected chi connectivity index (χ2v) is 3.14. The van der Waals surface area contributed by atoms with E-state index < -0.39 is 5.97 Å². The zero-order valence-corrected chi connectivity index (χ0v) is 7.95. The Bertz CT molecular complexity index is 212. The Labute approximate surface area is 82.3 Å². The van der Waals surface area contributed by atoms with E-state index in [0.29, 0.717) is 13.1 Å². The van der Waals surface area contributed by atoms with E-state index >= 15 is 0 Å². The van der Waals surface area contributed by atoms with Crippen molar-refractivity contribution in [2.75, 3.05) is 32.7 Å². The fourth-order valence-electron chi connectivity index (χ4n) is 1.31. The lowest BCUT2D eigenvalue weighted by Gasteiger charge is -2.19. The second-order valence-electron chi connectivity index (χ2n) is 3.14. The molecule has 14 heavy (non-hydrogen) atoms. The molecule has 1 heterocycles. The predicted octanol–water partition coefficient (Wildman–Crippen LogP) is -0.924. The lowest BCUT2D eigenvalue weighted by molar-refractivity contribution is -0.135. The molecule has 0 spiro atoms. The highest BCUT2D eigenvalue weighted by Crippen LogP contribution is 1.95. The molecule has 1 fully saturated rings. The third-order valence-corrected chi connectivity index (χ3v) is 2.02. The third kappa shape index (κ3) is 3.61. The Morgan fingerprint density at radius 3 is 2.86 bits per heavy atom. The van der Waals surface area contributed by atoms with Gasteiger partial charge >= 0.3 is 12.0 Å². The summed E-state index contributed by atoms with van der Waals surface area (Å²) in [5.74, 6) is -1.02. The molecular formula is C8H15N3O3. The summed E-state index contributed by atoms with van der Waals surface area (Å²) >= 11 is 0. The summed E-state index contributed by atoms with van der Waals surface area (Å²) in [7, 11) is 0. The van der Waals surface area contributed by atoms with Crippen molar-refractivity contribution in [1.29, 1.82) is 0 Å². The number of carboxylic acid groups (broad SMARTS) is 1. The molecule has 0 atom stereocenters. The Hall–Kier alpha value is -1.30. The summed E-state index contributed by atoms with van der Waals surface area (Å²) in [4.78, 5) is 23.2. The van der Waals surface area contributed by atoms with E-state index in [2.05, 4.69) is 10.6 Å². The third-order valence-electron chi connectivity index (χ3n) is 2.02. The zero-order valence-electron chi connectivity index (χ0n) is 7.95. The smallest absolute Gasteiger partial charge is 0.323 e. The number of hydrogen-bond acceptors (Lipinski definition) is 3. The Morgan fingerprint density at radius 2 is 2.14 bits per heavy atom. The van der Waals surface area contributed by atoms with Crippen LogP contribution in [0.15, 0.2) is 0 Å². The van der Waals surface area contributed by atoms with Gasteiger partial charge in [0.2, 0.25) is 0 Å². The standard InChI is InChI=1S/C8H15N3O3/c12-7(13)6-10-8(14)11-4-1-2-9-3-5-11/h9H,1-6H2,(H,10,14)(H,12,13). The van der Waals surface area contributed by atoms with Gasteiger partial charge in [-0.15, -0.1) is 0 Å². The number of aliphatic carboxylic acids is 1. The van der Waals surface area contributed by atoms with Crippen LogP contribution in [0.4, 0.5) is 4.79 Å². The number of amides is 2. The quantitative estimate of drug-likeness (QED) is 0.539. The van der Waals surface area contributed by atoms with Gasteiger partial charge in [-0.3, -0.25) is 4.79 Å². The number of rotatable bonds is 2. The number of nitrogens with one attached hydrogen (secondary N) is 2. The molecule has 1 saturated heterocycles. The fraction of sp³-hybridized carbons (Fsp3) is 0.750. The van der Waals surface area contributed by atoms with E-state index in [1.54, 1.807) is 4.90 Å². The van der Waals surface area contributed by atoms with Gasteiger partial charge in [0.1, 0.15) is 6.54 Å². The van der Waals surface area contributed by atoms with Gasteiger partial charge in [-0.1, -0.05) is 0 Å². The largest absolute Gasteiger partial charge is 0.480 e. The number of carbonyl (C=O) groups excluding carboxylic acids is 1. The summed E-state index contributed by atoms with van der Waals surface area (Å²) in [6, 6.07) is -0.295. The van der Waals surface area contributed by atoms with E-state index in [-0.39, 0.29) is 12.6 Å². The highest BCUT2D eigenvalue weighted by atomic mass is 16.4. The maximum Gasteiger partial charge on any atom is 0.323 e. The Morgan fingerprint density at radius 1 is 1.36 bits per heavy atom. The molecule has 2 amide bonds. The number of nitrogens with zero attached hydrogens (tertiary/aromatic N) is 1. The number of carboxylic acids is 1. The molecule has 1 rings (SSSR count). The lowest BCUT2D eigenvalue weighted by atomic mass is 10.4. The molecular weight excluding hydrogens is 186 g/mol. The van der Waals surface area contributed by atoms with Crippen molar-refractivity contribution in [1.82, 2.24) is 15.5 Å². The fourth-order valence-corrected chi connectivity index (χ4v) is 1.31. The van der Waals surface area contributed by atoms with E-state index in [1.165, 1.54) is 0 Å². The maximum absolute atomic E-state index is 11.4. The van der Waals surface area contributed by atoms with E-state index in [4.69, 9.17) is 5.11 Å². The molecule has 0 saturated carbocycles. The van der Waals surface area contributed by atoms with Gasteiger partial charge in [0.25, 0.3) is 0 Å². The molecule has 0 radical (unpaired) electrons. The average molecular weight is 201 g/mol. The SMILES string of the molecule is O=C(O)CNC(=O)N1CCCNCC1. The van der Waals surface area contributed by atoms with Gasteiger partial charge in [0, 0.05) is 19.6 Å². The van der Waals surface area contributed by atoms with Crippen LogP contribution in [0.2, 0.25) is 0 Å². The van der Waals surface area contributed by atoms with Crippen LogP contribution in [0.3, 0.4) is 0 Å². The number of hydrogen-bond donors (Lipinski definition) is 3. The van der Waals surface area contributed by atoms with Crippen molar-refractivity contribution < 1.29 is 14.7 Å². The minimum Gasteiger partial charge on any atom is -0.480 e. The van der Waals surface area contributed by atoms with Crippen LogP contribution in [0, 0.1) is 0 Å². The van der Waals surface area contributed by atoms with Gasteiger partial charge in [0.05, 0.1) is 0 Å². The first-order valence-corrected chi connectivity index (χ1v) is 4.65. The van der Waals surface area contributed by atoms with E-state index in [1.807, 2.05) is 0 Å². The summed E-state index contributed by atoms with van der Waals surface area (Å²) in [6.45, 7) is 2.66. The van der Waals surface area contributed by atoms with Gasteiger partial charge in [-0.2, -0.15) is 0 Å². The normalized spacial score (nSPS) is 17.3. The van der Waals surface area contributed by atoms with Crippen LogP contribution >= 0.6 is 0 Å². The van der Waals surface area contributed by atoms with Crippen molar-refractivity contribution in [3.63, 3.8) is 0 Å². The van der Waals surface area contributed by atoms with E-state index in [0.717, 1.165) is 19.5 Å². The Balaban J connectivity index is 2.30. The minimum atomic E-state index is -1.02. The van der Waals surface area contributed by atoms with E-state index in [9.17, 15) is 9.59 Å². The summed E-state index contributed by atoms with van der Waals surface area (Å²) in [5, 5.41) is 13.9. The van der Waals surface area contributed by atoms with Crippen molar-refractivity contribution in [2.45, 2.75) is 6.42 Å². The first kappa shape index (κ1) is 10.8. The van der Waals surface area contributed by atoms with Gasteiger partial charge < -0.3 is 20.6 Å². The first-order valence-electron chi connectivity index (χ1n) is 4.65. The molecule has 80 valence electrons. The molecule has 0 aromatic rings. The van der Waals surface area contributed by atoms with Gasteiger partial charge in [-0.05, 0) is 13.0 Å². The summed E-state index contributed by atoms with van der Waals surface area (Å²) < 4.78 is 0. The second kappa shape index (κ2) is 5.43. The molecule has 0 bridgehead atoms. The van der Waals surface area contributed by atoms with Crippen LogP contribution in [-0.4, -0.2) is 54.7 Å². The highest BCUT2D eigenvalue weighted by Gasteiger charge is 2.14. The zero-order chi connectivity index (χ0) is 10.4. The van der Waals surface area contributed by atoms with Gasteiger partial charge in [0.15, 0.2) is 0 Å². The maximum atomic E-state index is 11.4. The molecule has 0 aliphatic carbocycles. The number of carbonyl (C=O) groups is 2. The van der Waals surface area contributed by atoms with Gasteiger partial charge in [-0.25, -0.2) is 4.79 Å². The molecule has 0 unspecified atom stereocenters. The molecule has 0 aromatic heterocycles. The molecule has 1 aliphatic heterocycles. The molecule has 1 aliphatic rings. The van der Waals surface area contributed by atoms with Crippen LogP contribution in [0.5, 0.6) is 0 Å². The van der Waals surface area contributed by atoms with Crippen molar-refractivity contribution in [3.8, 4) is 0 Å². The molecule has 6 nitrogen and oxygen atoms in total. The molecule has 0 aromatic carbocycles. The number of urea groups is 1. The van der Waals surface area contributed by atoms with Crippen molar-refractivity contribution >= 4 is 12.0 Å². The Kier molecular flexibility index (Phi) is 4.18. The van der Waals surface area contributed by atoms with Crippen molar-refractivity contribution in [2.24, 2.45) is 0 Å². The topological polar surface area (TPSA) is 81.7 Å². The first-order chi connectivity index (χ1) is 6.70. The predicted molar refractivity (Wildman–Crippen MR) is 50.1 cm³/mol. The van der Waals surface area contributed by atoms with Crippen LogP contribution in [0.25, 0.3) is 0 Å². The minimum absolute atomic E-state index is 0.295. The monoisotopic (exact) mass is 201 g/mol. The van der Waals surface area contributed by atoms with Crippen molar-refractivity contribution in [3.05, 3.63) is 0 Å². The molecule has 6 heteroatoms. The summed E-state index contributed by atoms with van der Waals surface area (Å²) in [6.07, 6.45) is 0.903. The average Bonchev–Trinajstić information content (AvgIpc) is 2.42. The van der Waals surface area contributed by atoms with Crippen LogP contribution < -0.4 is 10.6 Å². The van der Waals surface area contributed by atoms with Crippen LogP contribution in [-0.2, 0) is 4.79 Å². The molecule has 3 N–H and O–H groups in total. The highest BCUT2D eigenvalue weighted by molar-refractivity contribution is 5.79. The summed E-state index contributed by atoms with van der Waals surface area (Å²) in [5.41, 5.74) is 0. The lowest BCUT2D eigenvalue weighted by Crippen LogP contribution is -2.43.